The summed E-state index contributed by atoms with van der Waals surface area (Å²) in [7, 11) is -3.11. The van der Waals surface area contributed by atoms with Crippen LogP contribution in [0.2, 0.25) is 0 Å². The number of sulfonamides is 1. The van der Waals surface area contributed by atoms with E-state index in [9.17, 15) is 13.2 Å². The quantitative estimate of drug-likeness (QED) is 0.740. The summed E-state index contributed by atoms with van der Waals surface area (Å²) in [5.41, 5.74) is 5.81. The molecule has 1 rings (SSSR count). The molecule has 1 atom stereocenters. The first-order chi connectivity index (χ1) is 8.70. The molecule has 7 heteroatoms. The van der Waals surface area contributed by atoms with E-state index in [2.05, 4.69) is 5.32 Å². The Bertz CT molecular complexity index is 400. The van der Waals surface area contributed by atoms with Crippen LogP contribution >= 0.6 is 0 Å². The second kappa shape index (κ2) is 6.67. The fourth-order valence-corrected chi connectivity index (χ4v) is 3.13. The van der Waals surface area contributed by atoms with Gasteiger partial charge in [0.05, 0.1) is 12.3 Å². The van der Waals surface area contributed by atoms with Crippen LogP contribution in [0.3, 0.4) is 0 Å². The topological polar surface area (TPSA) is 92.5 Å². The van der Waals surface area contributed by atoms with Crippen LogP contribution in [0.5, 0.6) is 0 Å². The minimum atomic E-state index is -3.11. The summed E-state index contributed by atoms with van der Waals surface area (Å²) >= 11 is 0. The molecule has 0 aromatic heterocycles. The molecule has 0 aromatic carbocycles. The van der Waals surface area contributed by atoms with Crippen molar-refractivity contribution in [3.63, 3.8) is 0 Å². The molecule has 19 heavy (non-hydrogen) atoms. The molecule has 0 spiro atoms. The van der Waals surface area contributed by atoms with Crippen molar-refractivity contribution < 1.29 is 13.2 Å². The number of hydrogen-bond acceptors (Lipinski definition) is 4. The lowest BCUT2D eigenvalue weighted by Gasteiger charge is -2.31. The van der Waals surface area contributed by atoms with E-state index in [0.717, 1.165) is 0 Å². The Morgan fingerprint density at radius 3 is 2.32 bits per heavy atom. The lowest BCUT2D eigenvalue weighted by atomic mass is 10.0. The third-order valence-corrected chi connectivity index (χ3v) is 4.63. The van der Waals surface area contributed by atoms with Crippen LogP contribution in [0.25, 0.3) is 0 Å². The Morgan fingerprint density at radius 1 is 1.37 bits per heavy atom. The smallest absolute Gasteiger partial charge is 0.237 e. The average Bonchev–Trinajstić information content (AvgIpc) is 2.27. The van der Waals surface area contributed by atoms with Crippen LogP contribution < -0.4 is 11.1 Å². The molecule has 1 aliphatic heterocycles. The molecular formula is C12H25N3O3S. The molecule has 1 heterocycles. The molecule has 0 aromatic rings. The largest absolute Gasteiger partial charge is 0.352 e. The number of nitrogens with two attached hydrogens (primary N) is 1. The van der Waals surface area contributed by atoms with E-state index in [4.69, 9.17) is 5.73 Å². The molecule has 1 fully saturated rings. The molecule has 0 aliphatic carbocycles. The van der Waals surface area contributed by atoms with E-state index >= 15 is 0 Å². The minimum Gasteiger partial charge on any atom is -0.352 e. The van der Waals surface area contributed by atoms with Crippen LogP contribution in [-0.4, -0.2) is 50.1 Å². The van der Waals surface area contributed by atoms with Gasteiger partial charge in [-0.2, -0.15) is 0 Å². The van der Waals surface area contributed by atoms with Gasteiger partial charge in [0.15, 0.2) is 0 Å². The van der Waals surface area contributed by atoms with Crippen molar-refractivity contribution in [1.29, 1.82) is 0 Å². The molecule has 0 radical (unpaired) electrons. The summed E-state index contributed by atoms with van der Waals surface area (Å²) in [5.74, 6) is 0.249. The molecule has 1 saturated heterocycles. The normalized spacial score (nSPS) is 20.5. The molecule has 3 N–H and O–H groups in total. The molecule has 1 aliphatic rings. The highest BCUT2D eigenvalue weighted by atomic mass is 32.2. The zero-order valence-electron chi connectivity index (χ0n) is 11.9. The van der Waals surface area contributed by atoms with E-state index in [-0.39, 0.29) is 11.9 Å². The fourth-order valence-electron chi connectivity index (χ4n) is 2.25. The summed E-state index contributed by atoms with van der Waals surface area (Å²) < 4.78 is 24.2. The Balaban J connectivity index is 2.39. The van der Waals surface area contributed by atoms with Gasteiger partial charge in [-0.3, -0.25) is 4.79 Å². The number of carbonyl (C=O) groups is 1. The van der Waals surface area contributed by atoms with Gasteiger partial charge in [0.2, 0.25) is 15.9 Å². The molecule has 0 saturated carbocycles. The summed E-state index contributed by atoms with van der Waals surface area (Å²) in [6, 6.07) is -0.448. The van der Waals surface area contributed by atoms with Gasteiger partial charge >= 0.3 is 0 Å². The molecular weight excluding hydrogens is 266 g/mol. The zero-order chi connectivity index (χ0) is 14.6. The molecule has 112 valence electrons. The Morgan fingerprint density at radius 2 is 1.89 bits per heavy atom. The van der Waals surface area contributed by atoms with E-state index in [0.29, 0.717) is 38.3 Å². The second-order valence-electron chi connectivity index (χ2n) is 5.68. The van der Waals surface area contributed by atoms with Crippen molar-refractivity contribution >= 4 is 15.9 Å². The van der Waals surface area contributed by atoms with Crippen molar-refractivity contribution in [2.75, 3.05) is 19.3 Å². The lowest BCUT2D eigenvalue weighted by Crippen LogP contribution is -2.50. The van der Waals surface area contributed by atoms with Gasteiger partial charge in [-0.25, -0.2) is 12.7 Å². The average molecular weight is 291 g/mol. The maximum atomic E-state index is 11.9. The van der Waals surface area contributed by atoms with Crippen molar-refractivity contribution in [1.82, 2.24) is 9.62 Å². The number of piperidine rings is 1. The highest BCUT2D eigenvalue weighted by Gasteiger charge is 2.26. The highest BCUT2D eigenvalue weighted by molar-refractivity contribution is 7.88. The summed E-state index contributed by atoms with van der Waals surface area (Å²) in [6.45, 7) is 4.97. The van der Waals surface area contributed by atoms with Crippen LogP contribution in [-0.2, 0) is 14.8 Å². The SMILES string of the molecule is CC(C)CC(N)C(=O)NC1CCN(S(C)(=O)=O)CC1. The lowest BCUT2D eigenvalue weighted by molar-refractivity contribution is -0.123. The first-order valence-corrected chi connectivity index (χ1v) is 8.56. The van der Waals surface area contributed by atoms with Gasteiger partial charge in [-0.15, -0.1) is 0 Å². The van der Waals surface area contributed by atoms with Crippen molar-refractivity contribution in [3.05, 3.63) is 0 Å². The third-order valence-electron chi connectivity index (χ3n) is 3.33. The molecule has 1 amide bonds. The van der Waals surface area contributed by atoms with Crippen molar-refractivity contribution in [2.24, 2.45) is 11.7 Å². The first kappa shape index (κ1) is 16.4. The van der Waals surface area contributed by atoms with Crippen LogP contribution in [0.4, 0.5) is 0 Å². The van der Waals surface area contributed by atoms with E-state index in [1.807, 2.05) is 13.8 Å². The molecule has 6 nitrogen and oxygen atoms in total. The second-order valence-corrected chi connectivity index (χ2v) is 7.66. The number of nitrogens with one attached hydrogen (secondary N) is 1. The van der Waals surface area contributed by atoms with E-state index in [1.165, 1.54) is 10.6 Å². The highest BCUT2D eigenvalue weighted by Crippen LogP contribution is 2.13. The van der Waals surface area contributed by atoms with E-state index in [1.54, 1.807) is 0 Å². The monoisotopic (exact) mass is 291 g/mol. The van der Waals surface area contributed by atoms with Gasteiger partial charge in [0, 0.05) is 19.1 Å². The molecule has 0 bridgehead atoms. The van der Waals surface area contributed by atoms with Crippen molar-refractivity contribution in [2.45, 2.75) is 45.2 Å². The molecule has 1 unspecified atom stereocenters. The first-order valence-electron chi connectivity index (χ1n) is 6.71. The zero-order valence-corrected chi connectivity index (χ0v) is 12.7. The number of amides is 1. The Kier molecular flexibility index (Phi) is 5.76. The number of hydrogen-bond donors (Lipinski definition) is 2. The third kappa shape index (κ3) is 5.46. The van der Waals surface area contributed by atoms with Crippen LogP contribution in [0.1, 0.15) is 33.1 Å². The predicted octanol–water partition coefficient (Wildman–Crippen LogP) is -0.1000. The minimum absolute atomic E-state index is 0.0312. The van der Waals surface area contributed by atoms with Crippen LogP contribution in [0.15, 0.2) is 0 Å². The van der Waals surface area contributed by atoms with Gasteiger partial charge in [-0.1, -0.05) is 13.8 Å². The van der Waals surface area contributed by atoms with Gasteiger partial charge < -0.3 is 11.1 Å². The maximum Gasteiger partial charge on any atom is 0.237 e. The summed E-state index contributed by atoms with van der Waals surface area (Å²) in [6.07, 6.45) is 3.17. The van der Waals surface area contributed by atoms with E-state index < -0.39 is 16.1 Å². The van der Waals surface area contributed by atoms with Gasteiger partial charge in [0.1, 0.15) is 0 Å². The van der Waals surface area contributed by atoms with Crippen molar-refractivity contribution in [3.8, 4) is 0 Å². The number of carbonyl (C=O) groups excluding carboxylic acids is 1. The standard InChI is InChI=1S/C12H25N3O3S/c1-9(2)8-11(13)12(16)14-10-4-6-15(7-5-10)19(3,17)18/h9-11H,4-8,13H2,1-3H3,(H,14,16). The van der Waals surface area contributed by atoms with Gasteiger partial charge in [-0.05, 0) is 25.2 Å². The Hall–Kier alpha value is -0.660. The number of rotatable bonds is 5. The predicted molar refractivity (Wildman–Crippen MR) is 75.0 cm³/mol. The van der Waals surface area contributed by atoms with Gasteiger partial charge in [0.25, 0.3) is 0 Å². The number of nitrogens with zero attached hydrogens (tertiary/aromatic N) is 1. The summed E-state index contributed by atoms with van der Waals surface area (Å²) in [4.78, 5) is 11.9. The maximum absolute atomic E-state index is 11.9. The summed E-state index contributed by atoms with van der Waals surface area (Å²) in [5, 5.41) is 2.91. The van der Waals surface area contributed by atoms with Crippen LogP contribution in [0, 0.1) is 5.92 Å². The fraction of sp³-hybridized carbons (Fsp3) is 0.917. The Labute approximate surface area is 115 Å².